The van der Waals surface area contributed by atoms with Crippen LogP contribution in [0.1, 0.15) is 24.6 Å². The minimum atomic E-state index is 0.0487. The van der Waals surface area contributed by atoms with Crippen molar-refractivity contribution in [3.05, 3.63) is 46.0 Å². The molecule has 8 heteroatoms. The number of likely N-dealkylation sites (N-methyl/N-ethyl adjacent to an activating group) is 1. The second-order valence-electron chi connectivity index (χ2n) is 9.77. The summed E-state index contributed by atoms with van der Waals surface area (Å²) in [6.07, 6.45) is 7.65. The van der Waals surface area contributed by atoms with Gasteiger partial charge in [0.2, 0.25) is 0 Å². The Balaban J connectivity index is 1.42. The van der Waals surface area contributed by atoms with Gasteiger partial charge in [-0.3, -0.25) is 14.7 Å². The molecular formula is C26H34N4O3S. The third-order valence-electron chi connectivity index (χ3n) is 7.08. The maximum Gasteiger partial charge on any atom is 0.259 e. The quantitative estimate of drug-likeness (QED) is 0.535. The van der Waals surface area contributed by atoms with Crippen molar-refractivity contribution in [2.45, 2.75) is 32.4 Å². The van der Waals surface area contributed by atoms with E-state index in [2.05, 4.69) is 34.8 Å². The second-order valence-corrected chi connectivity index (χ2v) is 10.9. The molecule has 0 bridgehead atoms. The Bertz CT molecular complexity index is 1200. The van der Waals surface area contributed by atoms with Crippen LogP contribution in [0, 0.1) is 5.92 Å². The topological polar surface area (TPSA) is 59.8 Å². The molecule has 0 radical (unpaired) electrons. The maximum absolute atomic E-state index is 13.0. The molecule has 182 valence electrons. The zero-order chi connectivity index (χ0) is 23.7. The molecule has 1 unspecified atom stereocenters. The van der Waals surface area contributed by atoms with E-state index in [0.29, 0.717) is 18.6 Å². The van der Waals surface area contributed by atoms with Crippen molar-refractivity contribution >= 4 is 21.4 Å². The number of pyridine rings is 2. The van der Waals surface area contributed by atoms with Crippen LogP contribution in [-0.2, 0) is 18.3 Å². The van der Waals surface area contributed by atoms with Crippen LogP contribution in [0.15, 0.2) is 35.5 Å². The van der Waals surface area contributed by atoms with Crippen molar-refractivity contribution in [1.29, 1.82) is 0 Å². The second kappa shape index (κ2) is 10.2. The summed E-state index contributed by atoms with van der Waals surface area (Å²) >= 11 is 1.73. The van der Waals surface area contributed by atoms with E-state index in [0.717, 1.165) is 79.2 Å². The molecule has 5 heterocycles. The Morgan fingerprint density at radius 3 is 2.79 bits per heavy atom. The third kappa shape index (κ3) is 5.05. The molecule has 0 amide bonds. The highest BCUT2D eigenvalue weighted by atomic mass is 32.1. The van der Waals surface area contributed by atoms with Gasteiger partial charge in [-0.05, 0) is 44.9 Å². The van der Waals surface area contributed by atoms with Crippen LogP contribution in [0.25, 0.3) is 21.2 Å². The van der Waals surface area contributed by atoms with Crippen molar-refractivity contribution in [1.82, 2.24) is 19.4 Å². The molecule has 2 aliphatic heterocycles. The summed E-state index contributed by atoms with van der Waals surface area (Å²) in [5.74, 6) is 1.30. The standard InChI is InChI=1S/C26H34N4O3S/c1-18-14-28(2)6-7-30(18)15-22-11-23-25(34-22)24(16-29(3)26(23)31)20-10-21(13-27-12-20)33-17-19-4-8-32-9-5-19/h10-13,16,18-19H,4-9,14-15,17H2,1-3H3. The average Bonchev–Trinajstić information content (AvgIpc) is 3.27. The zero-order valence-electron chi connectivity index (χ0n) is 20.3. The van der Waals surface area contributed by atoms with Crippen molar-refractivity contribution in [2.75, 3.05) is 46.5 Å². The largest absolute Gasteiger partial charge is 0.492 e. The van der Waals surface area contributed by atoms with Crippen molar-refractivity contribution < 1.29 is 9.47 Å². The van der Waals surface area contributed by atoms with Crippen molar-refractivity contribution in [3.8, 4) is 16.9 Å². The highest BCUT2D eigenvalue weighted by Gasteiger charge is 2.23. The summed E-state index contributed by atoms with van der Waals surface area (Å²) in [5, 5.41) is 0.787. The van der Waals surface area contributed by atoms with E-state index in [1.807, 2.05) is 25.5 Å². The highest BCUT2D eigenvalue weighted by molar-refractivity contribution is 7.19. The van der Waals surface area contributed by atoms with Crippen LogP contribution in [0.4, 0.5) is 0 Å². The van der Waals surface area contributed by atoms with Gasteiger partial charge in [-0.15, -0.1) is 11.3 Å². The number of aromatic nitrogens is 2. The van der Waals surface area contributed by atoms with E-state index >= 15 is 0 Å². The summed E-state index contributed by atoms with van der Waals surface area (Å²) in [6, 6.07) is 4.64. The molecule has 7 nitrogen and oxygen atoms in total. The fourth-order valence-electron chi connectivity index (χ4n) is 4.97. The van der Waals surface area contributed by atoms with Gasteiger partial charge in [-0.1, -0.05) is 0 Å². The molecule has 2 aliphatic rings. The van der Waals surface area contributed by atoms with Crippen LogP contribution >= 0.6 is 11.3 Å². The Hall–Kier alpha value is -2.26. The fourth-order valence-corrected chi connectivity index (χ4v) is 6.18. The SMILES string of the molecule is CC1CN(C)CCN1Cc1cc2c(=O)n(C)cc(-c3cncc(OCC4CCOCC4)c3)c2s1. The monoisotopic (exact) mass is 482 g/mol. The van der Waals surface area contributed by atoms with Crippen LogP contribution < -0.4 is 10.3 Å². The number of piperazine rings is 1. The van der Waals surface area contributed by atoms with Crippen LogP contribution in [0.5, 0.6) is 5.75 Å². The predicted molar refractivity (Wildman–Crippen MR) is 137 cm³/mol. The molecule has 3 aromatic rings. The number of nitrogens with zero attached hydrogens (tertiary/aromatic N) is 4. The van der Waals surface area contributed by atoms with E-state index in [1.54, 1.807) is 22.1 Å². The maximum atomic E-state index is 13.0. The molecule has 0 aromatic carbocycles. The number of aryl methyl sites for hydroxylation is 1. The van der Waals surface area contributed by atoms with Gasteiger partial charge in [0.05, 0.1) is 18.2 Å². The highest BCUT2D eigenvalue weighted by Crippen LogP contribution is 2.35. The molecule has 0 spiro atoms. The minimum Gasteiger partial charge on any atom is -0.492 e. The van der Waals surface area contributed by atoms with Crippen LogP contribution in [0.2, 0.25) is 0 Å². The molecule has 0 aliphatic carbocycles. The first kappa shape index (κ1) is 23.5. The van der Waals surface area contributed by atoms with Gasteiger partial charge in [0.25, 0.3) is 5.56 Å². The van der Waals surface area contributed by atoms with Gasteiger partial charge < -0.3 is 18.9 Å². The molecule has 2 saturated heterocycles. The van der Waals surface area contributed by atoms with Gasteiger partial charge in [0.15, 0.2) is 0 Å². The fraction of sp³-hybridized carbons (Fsp3) is 0.538. The predicted octanol–water partition coefficient (Wildman–Crippen LogP) is 3.60. The van der Waals surface area contributed by atoms with Crippen molar-refractivity contribution in [3.63, 3.8) is 0 Å². The smallest absolute Gasteiger partial charge is 0.259 e. The van der Waals surface area contributed by atoms with Gasteiger partial charge in [0, 0.05) is 85.6 Å². The van der Waals surface area contributed by atoms with Gasteiger partial charge in [0.1, 0.15) is 5.75 Å². The van der Waals surface area contributed by atoms with E-state index < -0.39 is 0 Å². The number of hydrogen-bond donors (Lipinski definition) is 0. The third-order valence-corrected chi connectivity index (χ3v) is 8.23. The molecule has 1 atom stereocenters. The first-order valence-corrected chi connectivity index (χ1v) is 13.0. The first-order valence-electron chi connectivity index (χ1n) is 12.2. The number of thiophene rings is 1. The summed E-state index contributed by atoms with van der Waals surface area (Å²) in [5.41, 5.74) is 2.06. The van der Waals surface area contributed by atoms with Gasteiger partial charge in [-0.2, -0.15) is 0 Å². The molecule has 34 heavy (non-hydrogen) atoms. The number of fused-ring (bicyclic) bond motifs is 1. The summed E-state index contributed by atoms with van der Waals surface area (Å²) in [6.45, 7) is 8.68. The summed E-state index contributed by atoms with van der Waals surface area (Å²) in [4.78, 5) is 23.6. The molecule has 0 saturated carbocycles. The minimum absolute atomic E-state index is 0.0487. The lowest BCUT2D eigenvalue weighted by Gasteiger charge is -2.37. The van der Waals surface area contributed by atoms with E-state index in [9.17, 15) is 4.79 Å². The number of hydrogen-bond acceptors (Lipinski definition) is 7. The van der Waals surface area contributed by atoms with Gasteiger partial charge >= 0.3 is 0 Å². The number of ether oxygens (including phenoxy) is 2. The molecule has 2 fully saturated rings. The van der Waals surface area contributed by atoms with E-state index in [4.69, 9.17) is 9.47 Å². The van der Waals surface area contributed by atoms with E-state index in [-0.39, 0.29) is 5.56 Å². The molecular weight excluding hydrogens is 448 g/mol. The first-order chi connectivity index (χ1) is 16.5. The Morgan fingerprint density at radius 2 is 2.00 bits per heavy atom. The Morgan fingerprint density at radius 1 is 1.18 bits per heavy atom. The summed E-state index contributed by atoms with van der Waals surface area (Å²) in [7, 11) is 4.00. The lowest BCUT2D eigenvalue weighted by Crippen LogP contribution is -2.49. The average molecular weight is 483 g/mol. The summed E-state index contributed by atoms with van der Waals surface area (Å²) < 4.78 is 14.3. The lowest BCUT2D eigenvalue weighted by atomic mass is 10.0. The van der Waals surface area contributed by atoms with Crippen molar-refractivity contribution in [2.24, 2.45) is 13.0 Å². The molecule has 0 N–H and O–H groups in total. The Kier molecular flexibility index (Phi) is 7.01. The number of rotatable bonds is 6. The van der Waals surface area contributed by atoms with Gasteiger partial charge in [-0.25, -0.2) is 0 Å². The molecule has 3 aromatic heterocycles. The van der Waals surface area contributed by atoms with E-state index in [1.165, 1.54) is 4.88 Å². The zero-order valence-corrected chi connectivity index (χ0v) is 21.1. The lowest BCUT2D eigenvalue weighted by molar-refractivity contribution is 0.0497. The Labute approximate surface area is 204 Å². The van der Waals surface area contributed by atoms with Crippen LogP contribution in [-0.4, -0.2) is 71.9 Å². The van der Waals surface area contributed by atoms with Crippen LogP contribution in [0.3, 0.4) is 0 Å². The molecule has 5 rings (SSSR count). The normalized spacial score (nSPS) is 20.7.